The SMILES string of the molecule is CN(C)c1ccc2c(c1)B(Oc1cc(N3CCN(c4ccccn4)CC3)cc3c1COB3O)OC2. The third kappa shape index (κ3) is 4.22. The summed E-state index contributed by atoms with van der Waals surface area (Å²) >= 11 is 0. The van der Waals surface area contributed by atoms with Gasteiger partial charge in [-0.2, -0.15) is 0 Å². The predicted octanol–water partition coefficient (Wildman–Crippen LogP) is 0.996. The second-order valence-corrected chi connectivity index (χ2v) is 9.38. The van der Waals surface area contributed by atoms with Crippen LogP contribution < -0.4 is 30.3 Å². The fraction of sp³-hybridized carbons (Fsp3) is 0.320. The van der Waals surface area contributed by atoms with Crippen LogP contribution in [-0.4, -0.2) is 64.5 Å². The molecule has 8 nitrogen and oxygen atoms in total. The molecule has 35 heavy (non-hydrogen) atoms. The summed E-state index contributed by atoms with van der Waals surface area (Å²) in [5.41, 5.74) is 5.95. The first-order valence-corrected chi connectivity index (χ1v) is 12.0. The molecule has 178 valence electrons. The molecule has 0 bridgehead atoms. The first-order chi connectivity index (χ1) is 17.1. The van der Waals surface area contributed by atoms with E-state index in [4.69, 9.17) is 14.0 Å². The quantitative estimate of drug-likeness (QED) is 0.555. The van der Waals surface area contributed by atoms with Gasteiger partial charge < -0.3 is 33.7 Å². The van der Waals surface area contributed by atoms with Gasteiger partial charge in [0, 0.05) is 74.9 Å². The van der Waals surface area contributed by atoms with Gasteiger partial charge in [-0.1, -0.05) is 12.1 Å². The Morgan fingerprint density at radius 1 is 0.943 bits per heavy atom. The smallest absolute Gasteiger partial charge is 0.532 e. The van der Waals surface area contributed by atoms with Gasteiger partial charge >= 0.3 is 14.2 Å². The second kappa shape index (κ2) is 9.11. The van der Waals surface area contributed by atoms with Crippen LogP contribution in [0.25, 0.3) is 0 Å². The molecular weight excluding hydrogens is 442 g/mol. The largest absolute Gasteiger partial charge is 0.563 e. The number of hydrogen-bond donors (Lipinski definition) is 1. The number of hydrogen-bond acceptors (Lipinski definition) is 8. The van der Waals surface area contributed by atoms with Crippen molar-refractivity contribution in [3.05, 3.63) is 65.9 Å². The number of fused-ring (bicyclic) bond motifs is 2. The Balaban J connectivity index is 1.26. The summed E-state index contributed by atoms with van der Waals surface area (Å²) in [5, 5.41) is 10.5. The lowest BCUT2D eigenvalue weighted by atomic mass is 9.77. The zero-order chi connectivity index (χ0) is 23.9. The van der Waals surface area contributed by atoms with Crippen molar-refractivity contribution in [2.75, 3.05) is 55.0 Å². The van der Waals surface area contributed by atoms with Crippen LogP contribution >= 0.6 is 0 Å². The maximum absolute atomic E-state index is 10.5. The normalized spacial score (nSPS) is 17.0. The van der Waals surface area contributed by atoms with Crippen LogP contribution in [0.15, 0.2) is 54.7 Å². The summed E-state index contributed by atoms with van der Waals surface area (Å²) in [6.07, 6.45) is 1.83. The van der Waals surface area contributed by atoms with Crippen LogP contribution in [0.4, 0.5) is 17.2 Å². The van der Waals surface area contributed by atoms with Gasteiger partial charge in [0.05, 0.1) is 13.2 Å². The Morgan fingerprint density at radius 2 is 1.77 bits per heavy atom. The minimum atomic E-state index is -0.945. The van der Waals surface area contributed by atoms with E-state index in [1.54, 1.807) is 0 Å². The average Bonchev–Trinajstić information content (AvgIpc) is 3.47. The molecule has 6 rings (SSSR count). The number of nitrogens with zero attached hydrogens (tertiary/aromatic N) is 4. The zero-order valence-corrected chi connectivity index (χ0v) is 20.1. The van der Waals surface area contributed by atoms with Gasteiger partial charge in [-0.05, 0) is 41.4 Å². The van der Waals surface area contributed by atoms with Gasteiger partial charge in [-0.15, -0.1) is 0 Å². The van der Waals surface area contributed by atoms with E-state index in [-0.39, 0.29) is 0 Å². The molecule has 0 saturated carbocycles. The lowest BCUT2D eigenvalue weighted by Gasteiger charge is -2.37. The zero-order valence-electron chi connectivity index (χ0n) is 20.1. The number of piperazine rings is 1. The predicted molar refractivity (Wildman–Crippen MR) is 139 cm³/mol. The van der Waals surface area contributed by atoms with E-state index in [1.807, 2.05) is 44.6 Å². The summed E-state index contributed by atoms with van der Waals surface area (Å²) in [4.78, 5) is 11.2. The van der Waals surface area contributed by atoms with Gasteiger partial charge in [0.2, 0.25) is 0 Å². The highest BCUT2D eigenvalue weighted by Crippen LogP contribution is 2.31. The van der Waals surface area contributed by atoms with Crippen molar-refractivity contribution in [1.82, 2.24) is 4.98 Å². The fourth-order valence-electron chi connectivity index (χ4n) is 4.98. The van der Waals surface area contributed by atoms with Crippen LogP contribution in [0, 0.1) is 0 Å². The molecule has 2 aromatic carbocycles. The molecule has 0 atom stereocenters. The van der Waals surface area contributed by atoms with E-state index in [0.29, 0.717) is 19.0 Å². The van der Waals surface area contributed by atoms with Crippen molar-refractivity contribution >= 4 is 42.4 Å². The van der Waals surface area contributed by atoms with Crippen molar-refractivity contribution in [2.24, 2.45) is 0 Å². The molecule has 10 heteroatoms. The van der Waals surface area contributed by atoms with E-state index in [2.05, 4.69) is 43.9 Å². The molecule has 0 spiro atoms. The molecule has 0 unspecified atom stereocenters. The lowest BCUT2D eigenvalue weighted by molar-refractivity contribution is 0.266. The molecule has 4 heterocycles. The number of pyridine rings is 1. The van der Waals surface area contributed by atoms with Gasteiger partial charge in [0.25, 0.3) is 0 Å². The molecule has 0 aliphatic carbocycles. The third-order valence-electron chi connectivity index (χ3n) is 7.02. The molecular formula is C25H28B2N4O4. The van der Waals surface area contributed by atoms with E-state index >= 15 is 0 Å². The maximum Gasteiger partial charge on any atom is 0.563 e. The van der Waals surface area contributed by atoms with Gasteiger partial charge in [0.1, 0.15) is 11.6 Å². The molecule has 3 aromatic rings. The Kier molecular flexibility index (Phi) is 5.80. The molecule has 1 saturated heterocycles. The Hall–Kier alpha value is -3.20. The number of anilines is 3. The van der Waals surface area contributed by atoms with E-state index in [9.17, 15) is 5.02 Å². The number of benzene rings is 2. The summed E-state index contributed by atoms with van der Waals surface area (Å²) in [7, 11) is 2.61. The van der Waals surface area contributed by atoms with Crippen molar-refractivity contribution in [3.63, 3.8) is 0 Å². The van der Waals surface area contributed by atoms with E-state index in [0.717, 1.165) is 65.4 Å². The summed E-state index contributed by atoms with van der Waals surface area (Å²) < 4.78 is 18.1. The highest BCUT2D eigenvalue weighted by atomic mass is 16.6. The minimum absolute atomic E-state index is 0.316. The summed E-state index contributed by atoms with van der Waals surface area (Å²) in [5.74, 6) is 1.71. The number of aromatic nitrogens is 1. The molecule has 1 aromatic heterocycles. The van der Waals surface area contributed by atoms with E-state index in [1.165, 1.54) is 0 Å². The van der Waals surface area contributed by atoms with Crippen molar-refractivity contribution in [2.45, 2.75) is 13.2 Å². The topological polar surface area (TPSA) is 70.5 Å². The van der Waals surface area contributed by atoms with Gasteiger partial charge in [0.15, 0.2) is 0 Å². The lowest BCUT2D eigenvalue weighted by Crippen LogP contribution is -2.47. The summed E-state index contributed by atoms with van der Waals surface area (Å²) in [6.45, 7) is 4.27. The van der Waals surface area contributed by atoms with E-state index < -0.39 is 14.2 Å². The van der Waals surface area contributed by atoms with Crippen molar-refractivity contribution in [3.8, 4) is 5.75 Å². The maximum atomic E-state index is 10.5. The van der Waals surface area contributed by atoms with Crippen molar-refractivity contribution < 1.29 is 19.0 Å². The molecule has 1 N–H and O–H groups in total. The Bertz CT molecular complexity index is 1220. The molecule has 3 aliphatic rings. The molecule has 1 fully saturated rings. The molecule has 3 aliphatic heterocycles. The molecule has 0 amide bonds. The van der Waals surface area contributed by atoms with Crippen LogP contribution in [0.3, 0.4) is 0 Å². The summed E-state index contributed by atoms with van der Waals surface area (Å²) in [6, 6.07) is 16.4. The van der Waals surface area contributed by atoms with Crippen LogP contribution in [0.2, 0.25) is 0 Å². The van der Waals surface area contributed by atoms with Crippen LogP contribution in [0.1, 0.15) is 11.1 Å². The van der Waals surface area contributed by atoms with Gasteiger partial charge in [-0.3, -0.25) is 0 Å². The average molecular weight is 470 g/mol. The van der Waals surface area contributed by atoms with Crippen LogP contribution in [-0.2, 0) is 22.5 Å². The van der Waals surface area contributed by atoms with Crippen LogP contribution in [0.5, 0.6) is 5.75 Å². The van der Waals surface area contributed by atoms with Crippen molar-refractivity contribution in [1.29, 1.82) is 0 Å². The fourth-order valence-corrected chi connectivity index (χ4v) is 4.98. The molecule has 0 radical (unpaired) electrons. The Morgan fingerprint density at radius 3 is 2.54 bits per heavy atom. The number of rotatable bonds is 5. The second-order valence-electron chi connectivity index (χ2n) is 9.38. The standard InChI is InChI=1S/C25H28B2N4O4/c1-29(2)19-7-6-18-16-34-27(22(18)13-19)35-24-15-20(14-23-21(24)17-33-26(23)32)30-9-11-31(12-10-30)25-5-3-4-8-28-25/h3-8,13-15,32H,9-12,16-17H2,1-2H3. The van der Waals surface area contributed by atoms with Gasteiger partial charge in [-0.25, -0.2) is 4.98 Å². The highest BCUT2D eigenvalue weighted by molar-refractivity contribution is 6.64. The Labute approximate surface area is 206 Å². The first-order valence-electron chi connectivity index (χ1n) is 12.0. The third-order valence-corrected chi connectivity index (χ3v) is 7.02. The monoisotopic (exact) mass is 470 g/mol. The highest BCUT2D eigenvalue weighted by Gasteiger charge is 2.37. The first kappa shape index (κ1) is 22.3. The minimum Gasteiger partial charge on any atom is -0.532 e.